The summed E-state index contributed by atoms with van der Waals surface area (Å²) < 4.78 is 0. The summed E-state index contributed by atoms with van der Waals surface area (Å²) in [5, 5.41) is 16.0. The summed E-state index contributed by atoms with van der Waals surface area (Å²) in [6, 6.07) is 6.36. The monoisotopic (exact) mass is 402 g/mol. The largest absolute Gasteiger partial charge is 0.481 e. The first-order valence-electron chi connectivity index (χ1n) is 9.82. The summed E-state index contributed by atoms with van der Waals surface area (Å²) >= 11 is 1.67. The molecule has 1 fully saturated rings. The topological polar surface area (TPSA) is 87.1 Å². The smallest absolute Gasteiger partial charge is 0.303 e. The standard InChI is InChI=1S/C21H30N4O2S/c1-20(2)12-14(13-21(3,4)25-20)23-19-22-11-10-16(24-19)17-9-8-15(28-17)6-5-7-18(26)27/h8-11,14,25H,5-7,12-13H2,1-4H3,(H,26,27)(H,22,23,24). The van der Waals surface area contributed by atoms with Crippen molar-refractivity contribution in [2.45, 2.75) is 76.9 Å². The van der Waals surface area contributed by atoms with E-state index >= 15 is 0 Å². The molecule has 7 heteroatoms. The first-order chi connectivity index (χ1) is 13.1. The third kappa shape index (κ3) is 5.75. The molecule has 3 rings (SSSR count). The lowest BCUT2D eigenvalue weighted by atomic mass is 9.80. The molecule has 0 unspecified atom stereocenters. The number of hydrogen-bond acceptors (Lipinski definition) is 6. The van der Waals surface area contributed by atoms with Gasteiger partial charge in [-0.2, -0.15) is 0 Å². The molecule has 6 nitrogen and oxygen atoms in total. The van der Waals surface area contributed by atoms with Crippen molar-refractivity contribution in [3.8, 4) is 10.6 Å². The Hall–Kier alpha value is -1.99. The maximum atomic E-state index is 10.7. The fourth-order valence-electron chi connectivity index (χ4n) is 4.24. The molecule has 0 saturated carbocycles. The van der Waals surface area contributed by atoms with Gasteiger partial charge in [0.1, 0.15) is 0 Å². The van der Waals surface area contributed by atoms with E-state index in [-0.39, 0.29) is 17.5 Å². The van der Waals surface area contributed by atoms with Crippen LogP contribution in [0.1, 0.15) is 58.3 Å². The van der Waals surface area contributed by atoms with Gasteiger partial charge in [-0.15, -0.1) is 11.3 Å². The summed E-state index contributed by atoms with van der Waals surface area (Å²) in [5.74, 6) is -0.0793. The number of carboxylic acid groups (broad SMARTS) is 1. The lowest BCUT2D eigenvalue weighted by Crippen LogP contribution is -2.60. The molecule has 1 saturated heterocycles. The molecule has 3 heterocycles. The minimum Gasteiger partial charge on any atom is -0.481 e. The zero-order chi connectivity index (χ0) is 20.4. The van der Waals surface area contributed by atoms with Crippen molar-refractivity contribution in [1.82, 2.24) is 15.3 Å². The van der Waals surface area contributed by atoms with Crippen LogP contribution in [0.15, 0.2) is 24.4 Å². The lowest BCUT2D eigenvalue weighted by molar-refractivity contribution is -0.137. The summed E-state index contributed by atoms with van der Waals surface area (Å²) in [7, 11) is 0. The molecule has 1 aliphatic heterocycles. The maximum Gasteiger partial charge on any atom is 0.303 e. The van der Waals surface area contributed by atoms with Gasteiger partial charge in [-0.25, -0.2) is 9.97 Å². The number of hydrogen-bond donors (Lipinski definition) is 3. The van der Waals surface area contributed by atoms with E-state index in [9.17, 15) is 4.79 Å². The van der Waals surface area contributed by atoms with E-state index < -0.39 is 5.97 Å². The fraction of sp³-hybridized carbons (Fsp3) is 0.571. The molecule has 2 aromatic rings. The van der Waals surface area contributed by atoms with Crippen LogP contribution in [0.25, 0.3) is 10.6 Å². The first-order valence-corrected chi connectivity index (χ1v) is 10.6. The van der Waals surface area contributed by atoms with Gasteiger partial charge in [-0.3, -0.25) is 4.79 Å². The molecule has 0 spiro atoms. The fourth-order valence-corrected chi connectivity index (χ4v) is 5.26. The first kappa shape index (κ1) is 20.7. The average molecular weight is 403 g/mol. The van der Waals surface area contributed by atoms with Crippen LogP contribution in [0.2, 0.25) is 0 Å². The molecule has 0 aliphatic carbocycles. The zero-order valence-corrected chi connectivity index (χ0v) is 17.9. The van der Waals surface area contributed by atoms with Crippen LogP contribution in [0.5, 0.6) is 0 Å². The Morgan fingerprint density at radius 2 is 1.96 bits per heavy atom. The van der Waals surface area contributed by atoms with Crippen molar-refractivity contribution in [2.24, 2.45) is 0 Å². The summed E-state index contributed by atoms with van der Waals surface area (Å²) in [6.07, 6.45) is 5.47. The Morgan fingerprint density at radius 1 is 1.25 bits per heavy atom. The normalized spacial score (nSPS) is 18.7. The predicted molar refractivity (Wildman–Crippen MR) is 114 cm³/mol. The summed E-state index contributed by atoms with van der Waals surface area (Å²) in [6.45, 7) is 8.93. The highest BCUT2D eigenvalue weighted by Crippen LogP contribution is 2.31. The Labute approximate surface area is 170 Å². The Balaban J connectivity index is 1.67. The maximum absolute atomic E-state index is 10.7. The Morgan fingerprint density at radius 3 is 2.64 bits per heavy atom. The predicted octanol–water partition coefficient (Wildman–Crippen LogP) is 4.33. The van der Waals surface area contributed by atoms with Crippen molar-refractivity contribution in [3.05, 3.63) is 29.3 Å². The lowest BCUT2D eigenvalue weighted by Gasteiger charge is -2.46. The number of thiophene rings is 1. The van der Waals surface area contributed by atoms with Crippen molar-refractivity contribution < 1.29 is 9.90 Å². The number of piperidine rings is 1. The van der Waals surface area contributed by atoms with Gasteiger partial charge >= 0.3 is 5.97 Å². The molecule has 0 amide bonds. The third-order valence-electron chi connectivity index (χ3n) is 4.91. The number of carbonyl (C=O) groups is 1. The van der Waals surface area contributed by atoms with E-state index in [1.165, 1.54) is 4.88 Å². The van der Waals surface area contributed by atoms with E-state index in [0.29, 0.717) is 18.4 Å². The van der Waals surface area contributed by atoms with Crippen LogP contribution in [-0.2, 0) is 11.2 Å². The molecular formula is C21H30N4O2S. The van der Waals surface area contributed by atoms with E-state index in [0.717, 1.165) is 29.8 Å². The van der Waals surface area contributed by atoms with Crippen LogP contribution in [-0.4, -0.2) is 38.2 Å². The molecule has 0 atom stereocenters. The quantitative estimate of drug-likeness (QED) is 0.639. The number of nitrogens with one attached hydrogen (secondary N) is 2. The summed E-state index contributed by atoms with van der Waals surface area (Å²) in [4.78, 5) is 22.1. The minimum atomic E-state index is -0.743. The molecule has 152 valence electrons. The number of aromatic nitrogens is 2. The summed E-state index contributed by atoms with van der Waals surface area (Å²) in [5.41, 5.74) is 1.03. The molecule has 0 aromatic carbocycles. The Kier molecular flexibility index (Phi) is 6.05. The number of aryl methyl sites for hydroxylation is 1. The van der Waals surface area contributed by atoms with Crippen LogP contribution < -0.4 is 10.6 Å². The van der Waals surface area contributed by atoms with Gasteiger partial charge in [0, 0.05) is 34.6 Å². The number of anilines is 1. The highest BCUT2D eigenvalue weighted by molar-refractivity contribution is 7.15. The highest BCUT2D eigenvalue weighted by Gasteiger charge is 2.37. The number of carboxylic acids is 1. The van der Waals surface area contributed by atoms with E-state index in [2.05, 4.69) is 55.4 Å². The molecule has 2 aromatic heterocycles. The van der Waals surface area contributed by atoms with E-state index in [4.69, 9.17) is 10.1 Å². The van der Waals surface area contributed by atoms with Crippen LogP contribution in [0.4, 0.5) is 5.95 Å². The number of rotatable bonds is 7. The second kappa shape index (κ2) is 8.17. The van der Waals surface area contributed by atoms with Gasteiger partial charge in [-0.05, 0) is 71.6 Å². The van der Waals surface area contributed by atoms with Gasteiger partial charge in [0.25, 0.3) is 0 Å². The molecule has 28 heavy (non-hydrogen) atoms. The number of aliphatic carboxylic acids is 1. The average Bonchev–Trinajstić information content (AvgIpc) is 3.00. The number of nitrogens with zero attached hydrogens (tertiary/aromatic N) is 2. The van der Waals surface area contributed by atoms with Crippen LogP contribution in [0.3, 0.4) is 0 Å². The van der Waals surface area contributed by atoms with Crippen molar-refractivity contribution in [2.75, 3.05) is 5.32 Å². The second-order valence-electron chi connectivity index (χ2n) is 8.92. The van der Waals surface area contributed by atoms with Crippen molar-refractivity contribution in [3.63, 3.8) is 0 Å². The second-order valence-corrected chi connectivity index (χ2v) is 10.1. The van der Waals surface area contributed by atoms with Crippen molar-refractivity contribution in [1.29, 1.82) is 0 Å². The third-order valence-corrected chi connectivity index (χ3v) is 6.07. The van der Waals surface area contributed by atoms with Crippen LogP contribution >= 0.6 is 11.3 Å². The molecule has 3 N–H and O–H groups in total. The molecule has 1 aliphatic rings. The zero-order valence-electron chi connectivity index (χ0n) is 17.1. The van der Waals surface area contributed by atoms with Gasteiger partial charge in [0.05, 0.1) is 10.6 Å². The highest BCUT2D eigenvalue weighted by atomic mass is 32.1. The van der Waals surface area contributed by atoms with Gasteiger partial charge in [0.2, 0.25) is 5.95 Å². The van der Waals surface area contributed by atoms with Gasteiger partial charge < -0.3 is 15.7 Å². The van der Waals surface area contributed by atoms with Gasteiger partial charge in [0.15, 0.2) is 0 Å². The minimum absolute atomic E-state index is 0.0651. The van der Waals surface area contributed by atoms with E-state index in [1.807, 2.05) is 6.07 Å². The molecule has 0 bridgehead atoms. The SMILES string of the molecule is CC1(C)CC(Nc2nccc(-c3ccc(CCCC(=O)O)s3)n2)CC(C)(C)N1. The Bertz CT molecular complexity index is 815. The van der Waals surface area contributed by atoms with E-state index in [1.54, 1.807) is 17.5 Å². The van der Waals surface area contributed by atoms with Crippen LogP contribution in [0, 0.1) is 0 Å². The van der Waals surface area contributed by atoms with Gasteiger partial charge in [-0.1, -0.05) is 0 Å². The molecule has 0 radical (unpaired) electrons. The molecular weight excluding hydrogens is 372 g/mol. The van der Waals surface area contributed by atoms with Crippen molar-refractivity contribution >= 4 is 23.3 Å².